The van der Waals surface area contributed by atoms with E-state index in [0.717, 1.165) is 6.26 Å². The first-order chi connectivity index (χ1) is 19.7. The summed E-state index contributed by atoms with van der Waals surface area (Å²) in [5.74, 6) is -3.57. The monoisotopic (exact) mass is 600 g/mol. The fourth-order valence-corrected chi connectivity index (χ4v) is 5.33. The normalized spacial score (nSPS) is 13.3. The number of aryl methyl sites for hydroxylation is 1. The number of esters is 1. The molecule has 1 heterocycles. The fraction of sp³-hybridized carbons (Fsp3) is 0.207. The largest absolute Gasteiger partial charge is 0.491 e. The van der Waals surface area contributed by atoms with E-state index in [1.807, 2.05) is 0 Å². The van der Waals surface area contributed by atoms with Crippen LogP contribution >= 0.6 is 0 Å². The van der Waals surface area contributed by atoms with E-state index in [-0.39, 0.29) is 27.5 Å². The molecule has 3 aromatic carbocycles. The third kappa shape index (κ3) is 6.46. The van der Waals surface area contributed by atoms with Gasteiger partial charge in [0, 0.05) is 35.6 Å². The van der Waals surface area contributed by atoms with Crippen molar-refractivity contribution < 1.29 is 35.9 Å². The molecule has 13 heteroatoms. The molecule has 0 fully saturated rings. The molecule has 9 nitrogen and oxygen atoms in total. The molecule has 1 atom stereocenters. The first kappa shape index (κ1) is 30.3. The van der Waals surface area contributed by atoms with Crippen LogP contribution in [0.15, 0.2) is 83.9 Å². The van der Waals surface area contributed by atoms with E-state index in [1.165, 1.54) is 54.7 Å². The van der Waals surface area contributed by atoms with Gasteiger partial charge in [-0.1, -0.05) is 43.3 Å². The number of nitrogens with two attached hydrogens (primary N) is 1. The number of hydrogen-bond donors (Lipinski definition) is 3. The van der Waals surface area contributed by atoms with Crippen molar-refractivity contribution in [2.75, 3.05) is 17.3 Å². The first-order valence-corrected chi connectivity index (χ1v) is 14.5. The molecule has 0 aliphatic rings. The van der Waals surface area contributed by atoms with Gasteiger partial charge in [0.2, 0.25) is 0 Å². The molecule has 1 aromatic heterocycles. The Morgan fingerprint density at radius 3 is 2.43 bits per heavy atom. The maximum Gasteiger partial charge on any atom is 0.491 e. The number of pyridine rings is 1. The number of nitrogen functional groups attached to an aromatic ring is 1. The van der Waals surface area contributed by atoms with Crippen molar-refractivity contribution in [2.24, 2.45) is 0 Å². The summed E-state index contributed by atoms with van der Waals surface area (Å²) in [6.45, 7) is 1.41. The van der Waals surface area contributed by atoms with Crippen LogP contribution in [0.4, 0.5) is 24.7 Å². The van der Waals surface area contributed by atoms with Gasteiger partial charge in [-0.25, -0.2) is 18.2 Å². The Bertz CT molecular complexity index is 1760. The van der Waals surface area contributed by atoms with Crippen LogP contribution in [-0.4, -0.2) is 37.7 Å². The lowest BCUT2D eigenvalue weighted by Crippen LogP contribution is -2.54. The number of nitrogens with one attached hydrogen (secondary N) is 2. The standard InChI is InChI=1S/C29H27F3N4O5S/c1-3-18-7-6-9-21(15-18)28(41-27(38)29(30,31)32,36-22-11-12-23-19(16-22)13-14-34-25(23)33)26(37)35-17-20-8-4-5-10-24(20)42(2,39)40/h4-16,36H,3,17H2,1-2H3,(H2,33,34)(H,35,37). The molecule has 4 rings (SSSR count). The Morgan fingerprint density at radius 1 is 1.00 bits per heavy atom. The van der Waals surface area contributed by atoms with Gasteiger partial charge in [0.15, 0.2) is 9.84 Å². The molecule has 42 heavy (non-hydrogen) atoms. The van der Waals surface area contributed by atoms with Crippen LogP contribution in [-0.2, 0) is 42.9 Å². The number of fused-ring (bicyclic) bond motifs is 1. The van der Waals surface area contributed by atoms with Crippen LogP contribution in [0.25, 0.3) is 10.8 Å². The number of rotatable bonds is 9. The number of aromatic nitrogens is 1. The predicted octanol–water partition coefficient (Wildman–Crippen LogP) is 4.47. The lowest BCUT2D eigenvalue weighted by atomic mass is 9.97. The Kier molecular flexibility index (Phi) is 8.43. The molecule has 0 radical (unpaired) electrons. The number of amides is 1. The Labute approximate surface area is 239 Å². The van der Waals surface area contributed by atoms with Gasteiger partial charge in [-0.05, 0) is 59.3 Å². The van der Waals surface area contributed by atoms with Crippen LogP contribution < -0.4 is 16.4 Å². The number of ether oxygens (including phenoxy) is 1. The molecule has 0 bridgehead atoms. The Balaban J connectivity index is 1.87. The quantitative estimate of drug-likeness (QED) is 0.189. The maximum atomic E-state index is 14.0. The molecule has 4 aromatic rings. The molecule has 0 aliphatic heterocycles. The van der Waals surface area contributed by atoms with E-state index < -0.39 is 40.2 Å². The second-order valence-corrected chi connectivity index (χ2v) is 11.4. The lowest BCUT2D eigenvalue weighted by Gasteiger charge is -2.34. The van der Waals surface area contributed by atoms with Gasteiger partial charge in [-0.3, -0.25) is 4.79 Å². The topological polar surface area (TPSA) is 140 Å². The highest BCUT2D eigenvalue weighted by Crippen LogP contribution is 2.34. The van der Waals surface area contributed by atoms with E-state index in [1.54, 1.807) is 31.2 Å². The van der Waals surface area contributed by atoms with E-state index in [4.69, 9.17) is 10.5 Å². The Morgan fingerprint density at radius 2 is 1.74 bits per heavy atom. The van der Waals surface area contributed by atoms with Crippen molar-refractivity contribution in [1.82, 2.24) is 10.3 Å². The zero-order chi connectivity index (χ0) is 30.7. The third-order valence-electron chi connectivity index (χ3n) is 6.47. The molecular weight excluding hydrogens is 573 g/mol. The minimum absolute atomic E-state index is 0.0788. The fourth-order valence-electron chi connectivity index (χ4n) is 4.39. The predicted molar refractivity (Wildman–Crippen MR) is 151 cm³/mol. The summed E-state index contributed by atoms with van der Waals surface area (Å²) in [5, 5.41) is 6.29. The number of nitrogens with zero attached hydrogens (tertiary/aromatic N) is 1. The summed E-state index contributed by atoms with van der Waals surface area (Å²) < 4.78 is 70.4. The number of sulfone groups is 1. The number of benzene rings is 3. The van der Waals surface area contributed by atoms with Crippen LogP contribution in [0.5, 0.6) is 0 Å². The lowest BCUT2D eigenvalue weighted by molar-refractivity contribution is -0.213. The van der Waals surface area contributed by atoms with Crippen molar-refractivity contribution in [3.8, 4) is 0 Å². The van der Waals surface area contributed by atoms with Gasteiger partial charge in [0.05, 0.1) is 4.90 Å². The summed E-state index contributed by atoms with van der Waals surface area (Å²) in [7, 11) is -3.71. The van der Waals surface area contributed by atoms with E-state index in [9.17, 15) is 31.2 Å². The highest BCUT2D eigenvalue weighted by molar-refractivity contribution is 7.90. The highest BCUT2D eigenvalue weighted by Gasteiger charge is 2.51. The molecule has 0 saturated heterocycles. The molecule has 1 amide bonds. The number of carbonyl (C=O) groups excluding carboxylic acids is 2. The summed E-state index contributed by atoms with van der Waals surface area (Å²) in [6.07, 6.45) is -2.55. The smallest absolute Gasteiger partial charge is 0.418 e. The van der Waals surface area contributed by atoms with Crippen LogP contribution in [0, 0.1) is 0 Å². The second kappa shape index (κ2) is 11.7. The van der Waals surface area contributed by atoms with Crippen LogP contribution in [0.2, 0.25) is 0 Å². The summed E-state index contributed by atoms with van der Waals surface area (Å²) in [5.41, 5.74) is 4.05. The van der Waals surface area contributed by atoms with Gasteiger partial charge < -0.3 is 21.1 Å². The maximum absolute atomic E-state index is 14.0. The zero-order valence-electron chi connectivity index (χ0n) is 22.5. The molecule has 4 N–H and O–H groups in total. The van der Waals surface area contributed by atoms with Gasteiger partial charge >= 0.3 is 12.1 Å². The van der Waals surface area contributed by atoms with Crippen molar-refractivity contribution >= 4 is 44.0 Å². The molecule has 0 aliphatic carbocycles. The van der Waals surface area contributed by atoms with Crippen molar-refractivity contribution in [3.05, 3.63) is 95.7 Å². The van der Waals surface area contributed by atoms with E-state index >= 15 is 0 Å². The third-order valence-corrected chi connectivity index (χ3v) is 7.66. The van der Waals surface area contributed by atoms with Crippen LogP contribution in [0.1, 0.15) is 23.6 Å². The summed E-state index contributed by atoms with van der Waals surface area (Å²) >= 11 is 0. The SMILES string of the molecule is CCc1cccc(C(Nc2ccc3c(N)nccc3c2)(OC(=O)C(F)(F)F)C(=O)NCc2ccccc2S(C)(=O)=O)c1. The average molecular weight is 601 g/mol. The van der Waals surface area contributed by atoms with Gasteiger partial charge in [0.25, 0.3) is 11.6 Å². The average Bonchev–Trinajstić information content (AvgIpc) is 2.94. The number of anilines is 2. The number of alkyl halides is 3. The summed E-state index contributed by atoms with van der Waals surface area (Å²) in [6, 6.07) is 18.0. The molecule has 0 spiro atoms. The van der Waals surface area contributed by atoms with Gasteiger partial charge in [-0.2, -0.15) is 13.2 Å². The molecule has 1 unspecified atom stereocenters. The van der Waals surface area contributed by atoms with Crippen molar-refractivity contribution in [3.63, 3.8) is 0 Å². The van der Waals surface area contributed by atoms with Gasteiger partial charge in [-0.15, -0.1) is 0 Å². The number of hydrogen-bond acceptors (Lipinski definition) is 8. The second-order valence-electron chi connectivity index (χ2n) is 9.44. The van der Waals surface area contributed by atoms with E-state index in [2.05, 4.69) is 15.6 Å². The number of carbonyl (C=O) groups is 2. The Hall–Kier alpha value is -4.65. The number of halogens is 3. The van der Waals surface area contributed by atoms with Gasteiger partial charge in [0.1, 0.15) is 5.82 Å². The van der Waals surface area contributed by atoms with E-state index in [0.29, 0.717) is 22.8 Å². The highest BCUT2D eigenvalue weighted by atomic mass is 32.2. The molecular formula is C29H27F3N4O5S. The summed E-state index contributed by atoms with van der Waals surface area (Å²) in [4.78, 5) is 30.3. The molecule has 220 valence electrons. The van der Waals surface area contributed by atoms with Crippen molar-refractivity contribution in [2.45, 2.75) is 36.7 Å². The zero-order valence-corrected chi connectivity index (χ0v) is 23.3. The minimum Gasteiger partial charge on any atom is -0.418 e. The minimum atomic E-state index is -5.44. The van der Waals surface area contributed by atoms with Crippen LogP contribution in [0.3, 0.4) is 0 Å². The first-order valence-electron chi connectivity index (χ1n) is 12.6. The molecule has 0 saturated carbocycles. The van der Waals surface area contributed by atoms with Crippen molar-refractivity contribution in [1.29, 1.82) is 0 Å².